The van der Waals surface area contributed by atoms with E-state index in [1.54, 1.807) is 0 Å². The van der Waals surface area contributed by atoms with Crippen molar-refractivity contribution in [2.75, 3.05) is 25.4 Å². The second kappa shape index (κ2) is 18.0. The zero-order valence-corrected chi connectivity index (χ0v) is 24.0. The minimum atomic E-state index is -4.53. The van der Waals surface area contributed by atoms with Gasteiger partial charge in [0.05, 0.1) is 12.2 Å². The molecule has 0 unspecified atom stereocenters. The number of ketones is 2. The van der Waals surface area contributed by atoms with E-state index in [9.17, 15) is 44.7 Å². The van der Waals surface area contributed by atoms with E-state index < -0.39 is 78.8 Å². The molecule has 0 aromatic carbocycles. The molecule has 15 nitrogen and oxygen atoms in total. The number of hydrogen-bond donors (Lipinski definition) is 10. The monoisotopic (exact) mass is 613 g/mol. The molecule has 0 aliphatic carbocycles. The first kappa shape index (κ1) is 37.4. The lowest BCUT2D eigenvalue weighted by Gasteiger charge is -2.28. The molecule has 0 aromatic rings. The van der Waals surface area contributed by atoms with E-state index in [0.29, 0.717) is 0 Å². The van der Waals surface area contributed by atoms with Crippen molar-refractivity contribution in [1.82, 2.24) is 10.6 Å². The molecule has 2 amide bonds. The van der Waals surface area contributed by atoms with Crippen LogP contribution in [-0.4, -0.2) is 101 Å². The van der Waals surface area contributed by atoms with Gasteiger partial charge < -0.3 is 36.2 Å². The maximum atomic E-state index is 12.1. The van der Waals surface area contributed by atoms with Crippen molar-refractivity contribution in [3.8, 4) is 0 Å². The van der Waals surface area contributed by atoms with E-state index in [-0.39, 0.29) is 31.7 Å². The average molecular weight is 614 g/mol. The van der Waals surface area contributed by atoms with Crippen molar-refractivity contribution in [3.63, 3.8) is 0 Å². The van der Waals surface area contributed by atoms with Crippen LogP contribution in [0.25, 0.3) is 0 Å². The SMILES string of the molecule is CC(=O)CC(=O)/C=C(O)/C=C(O)\C=C(/O)C[C@H](O)SCCNC(=O)CCNC(=O)[C@H](O)C(C)(C)CO[P+](O)(O)O. The van der Waals surface area contributed by atoms with Gasteiger partial charge in [0, 0.05) is 55.3 Å². The fourth-order valence-corrected chi connectivity index (χ4v) is 4.01. The third-order valence-corrected chi connectivity index (χ3v) is 6.18. The molecule has 0 spiro atoms. The predicted octanol–water partition coefficient (Wildman–Crippen LogP) is -0.0173. The number of aliphatic hydroxyl groups is 5. The summed E-state index contributed by atoms with van der Waals surface area (Å²) in [6, 6.07) is 0. The van der Waals surface area contributed by atoms with Crippen molar-refractivity contribution in [1.29, 1.82) is 0 Å². The van der Waals surface area contributed by atoms with Crippen molar-refractivity contribution in [2.45, 2.75) is 51.6 Å². The van der Waals surface area contributed by atoms with Crippen LogP contribution in [0.5, 0.6) is 0 Å². The normalized spacial score (nSPS) is 14.8. The molecule has 0 aliphatic heterocycles. The summed E-state index contributed by atoms with van der Waals surface area (Å²) in [5, 5.41) is 54.2. The molecule has 0 bridgehead atoms. The fourth-order valence-electron chi connectivity index (χ4n) is 2.72. The van der Waals surface area contributed by atoms with Crippen molar-refractivity contribution in [3.05, 3.63) is 35.5 Å². The van der Waals surface area contributed by atoms with E-state index in [0.717, 1.165) is 30.0 Å². The highest BCUT2D eigenvalue weighted by molar-refractivity contribution is 7.99. The molecule has 0 aliphatic rings. The lowest BCUT2D eigenvalue weighted by Crippen LogP contribution is -2.46. The molecule has 0 fully saturated rings. The van der Waals surface area contributed by atoms with Gasteiger partial charge in [-0.1, -0.05) is 13.8 Å². The molecule has 0 aromatic heterocycles. The Labute approximate surface area is 235 Å². The summed E-state index contributed by atoms with van der Waals surface area (Å²) in [5.74, 6) is -3.76. The van der Waals surface area contributed by atoms with E-state index in [1.807, 2.05) is 0 Å². The number of thioether (sulfide) groups is 1. The van der Waals surface area contributed by atoms with Crippen LogP contribution < -0.4 is 10.6 Å². The van der Waals surface area contributed by atoms with Crippen LogP contribution in [0.3, 0.4) is 0 Å². The minimum absolute atomic E-state index is 0.114. The van der Waals surface area contributed by atoms with Gasteiger partial charge in [-0.15, -0.1) is 11.8 Å². The van der Waals surface area contributed by atoms with Gasteiger partial charge in [-0.05, 0) is 6.92 Å². The van der Waals surface area contributed by atoms with Crippen LogP contribution in [0.4, 0.5) is 0 Å². The summed E-state index contributed by atoms with van der Waals surface area (Å²) < 4.78 is 4.45. The summed E-state index contributed by atoms with van der Waals surface area (Å²) in [4.78, 5) is 72.9. The van der Waals surface area contributed by atoms with Crippen LogP contribution in [0.1, 0.15) is 40.0 Å². The number of Topliss-reactive ketones (excluding diaryl/α,β-unsaturated/α-hetero) is 1. The van der Waals surface area contributed by atoms with E-state index in [2.05, 4.69) is 15.2 Å². The number of carbonyl (C=O) groups excluding carboxylic acids is 4. The zero-order chi connectivity index (χ0) is 31.1. The molecule has 0 saturated carbocycles. The largest absolute Gasteiger partial charge is 0.567 e. The lowest BCUT2D eigenvalue weighted by atomic mass is 9.87. The molecule has 10 N–H and O–H groups in total. The number of allylic oxidation sites excluding steroid dienone is 3. The van der Waals surface area contributed by atoms with E-state index in [1.165, 1.54) is 20.8 Å². The number of amides is 2. The van der Waals surface area contributed by atoms with Gasteiger partial charge in [0.1, 0.15) is 35.4 Å². The Morgan fingerprint density at radius 2 is 1.55 bits per heavy atom. The van der Waals surface area contributed by atoms with Gasteiger partial charge in [-0.2, -0.15) is 19.2 Å². The molecule has 0 radical (unpaired) electrons. The molecule has 2 atom stereocenters. The Bertz CT molecular complexity index is 976. The molecule has 0 saturated heterocycles. The third-order valence-electron chi connectivity index (χ3n) is 4.71. The highest BCUT2D eigenvalue weighted by atomic mass is 32.2. The summed E-state index contributed by atoms with van der Waals surface area (Å²) >= 11 is 0.979. The Hall–Kier alpha value is -2.56. The van der Waals surface area contributed by atoms with Crippen LogP contribution >= 0.6 is 19.9 Å². The van der Waals surface area contributed by atoms with Crippen molar-refractivity contribution in [2.24, 2.45) is 5.41 Å². The average Bonchev–Trinajstić information content (AvgIpc) is 2.78. The quantitative estimate of drug-likeness (QED) is 0.0175. The molecule has 228 valence electrons. The first-order chi connectivity index (χ1) is 18.3. The second-order valence-corrected chi connectivity index (χ2v) is 11.8. The van der Waals surface area contributed by atoms with Crippen molar-refractivity contribution >= 4 is 43.3 Å². The highest BCUT2D eigenvalue weighted by Crippen LogP contribution is 2.47. The molecule has 17 heteroatoms. The van der Waals surface area contributed by atoms with Crippen LogP contribution in [0.2, 0.25) is 0 Å². The lowest BCUT2D eigenvalue weighted by molar-refractivity contribution is -0.137. The Morgan fingerprint density at radius 3 is 2.12 bits per heavy atom. The molecule has 0 rings (SSSR count). The molecular formula is C23H38N2O13PS+. The van der Waals surface area contributed by atoms with Gasteiger partial charge >= 0.3 is 8.17 Å². The summed E-state index contributed by atoms with van der Waals surface area (Å²) in [6.07, 6.45) is -0.0773. The fraction of sp³-hybridized carbons (Fsp3) is 0.565. The predicted molar refractivity (Wildman–Crippen MR) is 145 cm³/mol. The summed E-state index contributed by atoms with van der Waals surface area (Å²) in [5.41, 5.74) is -2.39. The maximum Gasteiger partial charge on any atom is 0.567 e. The molecule has 0 heterocycles. The first-order valence-corrected chi connectivity index (χ1v) is 14.4. The highest BCUT2D eigenvalue weighted by Gasteiger charge is 2.41. The Balaban J connectivity index is 4.36. The van der Waals surface area contributed by atoms with E-state index >= 15 is 0 Å². The number of hydrogen-bond acceptors (Lipinski definition) is 14. The van der Waals surface area contributed by atoms with Gasteiger partial charge in [-0.3, -0.25) is 19.2 Å². The minimum Gasteiger partial charge on any atom is -0.512 e. The van der Waals surface area contributed by atoms with Gasteiger partial charge in [0.2, 0.25) is 11.8 Å². The van der Waals surface area contributed by atoms with Crippen molar-refractivity contribution < 1.29 is 63.9 Å². The van der Waals surface area contributed by atoms with Crippen LogP contribution in [-0.2, 0) is 23.7 Å². The number of nitrogens with one attached hydrogen (secondary N) is 2. The zero-order valence-electron chi connectivity index (χ0n) is 22.3. The summed E-state index contributed by atoms with van der Waals surface area (Å²) in [7, 11) is -4.53. The number of aliphatic hydroxyl groups excluding tert-OH is 5. The number of carbonyl (C=O) groups is 4. The number of rotatable bonds is 19. The Kier molecular flexibility index (Phi) is 16.8. The Morgan fingerprint density at radius 1 is 0.950 bits per heavy atom. The third kappa shape index (κ3) is 18.7. The molecular weight excluding hydrogens is 575 g/mol. The standard InChI is InChI=1S/C23H37N2O13PS/c1-14(26)8-15(27)9-16(28)10-17(29)11-18(30)12-20(32)40-7-6-24-19(31)4-5-25-22(34)21(33)23(2,3)13-38-39(35,36)37/h9-11,20-21,32-33,35-37H,4-8,12-13H2,1-3H3,(H4-,24,25,27,28,29,30,31,34)/p+1/t20-,21+/m1/s1. The topological polar surface area (TPSA) is 263 Å². The molecule has 40 heavy (non-hydrogen) atoms. The first-order valence-electron chi connectivity index (χ1n) is 11.8. The van der Waals surface area contributed by atoms with Gasteiger partial charge in [0.15, 0.2) is 5.78 Å². The van der Waals surface area contributed by atoms with Crippen LogP contribution in [0.15, 0.2) is 35.5 Å². The van der Waals surface area contributed by atoms with Crippen LogP contribution in [0, 0.1) is 5.41 Å². The van der Waals surface area contributed by atoms with E-state index in [4.69, 9.17) is 14.7 Å². The maximum absolute atomic E-state index is 12.1. The summed E-state index contributed by atoms with van der Waals surface area (Å²) in [6.45, 7) is 3.49. The smallest absolute Gasteiger partial charge is 0.512 e. The second-order valence-electron chi connectivity index (χ2n) is 9.22. The van der Waals surface area contributed by atoms with Gasteiger partial charge in [0.25, 0.3) is 0 Å². The van der Waals surface area contributed by atoms with Gasteiger partial charge in [-0.25, -0.2) is 0 Å².